The Balaban J connectivity index is 2.07. The van der Waals surface area contributed by atoms with Crippen molar-refractivity contribution in [3.8, 4) is 0 Å². The number of rotatable bonds is 4. The Morgan fingerprint density at radius 1 is 1.06 bits per heavy atom. The predicted octanol–water partition coefficient (Wildman–Crippen LogP) is 3.37. The van der Waals surface area contributed by atoms with Gasteiger partial charge in [0.05, 0.1) is 6.10 Å². The minimum Gasteiger partial charge on any atom is -0.387 e. The highest BCUT2D eigenvalue weighted by molar-refractivity contribution is 5.18. The van der Waals surface area contributed by atoms with Gasteiger partial charge < -0.3 is 5.11 Å². The molecular formula is C16H25NO. The standard InChI is InChI=1S/C16H25NO/c1-2-15(17-12-8-3-4-9-13-17)16(18)14-10-6-5-7-11-14/h5-7,10-11,15-16,18H,2-4,8-9,12-13H2,1H3. The second-order valence-corrected chi connectivity index (χ2v) is 5.28. The van der Waals surface area contributed by atoms with E-state index in [0.29, 0.717) is 0 Å². The van der Waals surface area contributed by atoms with Gasteiger partial charge in [0.1, 0.15) is 0 Å². The molecule has 0 bridgehead atoms. The number of aliphatic hydroxyl groups excluding tert-OH is 1. The average Bonchev–Trinajstić information content (AvgIpc) is 2.70. The van der Waals surface area contributed by atoms with Gasteiger partial charge in [0.2, 0.25) is 0 Å². The maximum atomic E-state index is 10.6. The number of aliphatic hydroxyl groups is 1. The van der Waals surface area contributed by atoms with Crippen LogP contribution in [0, 0.1) is 0 Å². The maximum absolute atomic E-state index is 10.6. The molecule has 0 spiro atoms. The van der Waals surface area contributed by atoms with Gasteiger partial charge in [-0.3, -0.25) is 4.90 Å². The summed E-state index contributed by atoms with van der Waals surface area (Å²) in [5.74, 6) is 0. The number of hydrogen-bond donors (Lipinski definition) is 1. The Kier molecular flexibility index (Phi) is 5.21. The molecule has 18 heavy (non-hydrogen) atoms. The molecule has 1 aromatic rings. The van der Waals surface area contributed by atoms with Crippen LogP contribution in [-0.4, -0.2) is 29.1 Å². The highest BCUT2D eigenvalue weighted by atomic mass is 16.3. The summed E-state index contributed by atoms with van der Waals surface area (Å²) in [6.07, 6.45) is 5.89. The normalized spacial score (nSPS) is 21.2. The predicted molar refractivity (Wildman–Crippen MR) is 75.5 cm³/mol. The average molecular weight is 247 g/mol. The molecule has 2 heteroatoms. The van der Waals surface area contributed by atoms with Crippen LogP contribution in [0.4, 0.5) is 0 Å². The smallest absolute Gasteiger partial charge is 0.0945 e. The zero-order valence-corrected chi connectivity index (χ0v) is 11.4. The summed E-state index contributed by atoms with van der Waals surface area (Å²) in [7, 11) is 0. The maximum Gasteiger partial charge on any atom is 0.0945 e. The molecule has 0 radical (unpaired) electrons. The van der Waals surface area contributed by atoms with Crippen molar-refractivity contribution >= 4 is 0 Å². The first kappa shape index (κ1) is 13.6. The van der Waals surface area contributed by atoms with Gasteiger partial charge in [-0.2, -0.15) is 0 Å². The van der Waals surface area contributed by atoms with Gasteiger partial charge >= 0.3 is 0 Å². The van der Waals surface area contributed by atoms with Gasteiger partial charge in [0.15, 0.2) is 0 Å². The van der Waals surface area contributed by atoms with Crippen molar-refractivity contribution in [2.75, 3.05) is 13.1 Å². The van der Waals surface area contributed by atoms with Crippen molar-refractivity contribution in [1.29, 1.82) is 0 Å². The van der Waals surface area contributed by atoms with Crippen molar-refractivity contribution in [3.63, 3.8) is 0 Å². The number of nitrogens with zero attached hydrogens (tertiary/aromatic N) is 1. The van der Waals surface area contributed by atoms with Gasteiger partial charge in [0, 0.05) is 6.04 Å². The highest BCUT2D eigenvalue weighted by Crippen LogP contribution is 2.25. The Hall–Kier alpha value is -0.860. The molecule has 1 N–H and O–H groups in total. The van der Waals surface area contributed by atoms with Gasteiger partial charge in [-0.05, 0) is 37.9 Å². The number of hydrogen-bond acceptors (Lipinski definition) is 2. The Labute approximate surface area is 111 Å². The molecule has 1 saturated heterocycles. The van der Waals surface area contributed by atoms with Crippen LogP contribution in [0.5, 0.6) is 0 Å². The van der Waals surface area contributed by atoms with Crippen LogP contribution >= 0.6 is 0 Å². The molecule has 1 fully saturated rings. The molecule has 1 aromatic carbocycles. The number of likely N-dealkylation sites (tertiary alicyclic amines) is 1. The molecule has 2 atom stereocenters. The van der Waals surface area contributed by atoms with E-state index in [1.54, 1.807) is 0 Å². The lowest BCUT2D eigenvalue weighted by Gasteiger charge is -2.33. The monoisotopic (exact) mass is 247 g/mol. The summed E-state index contributed by atoms with van der Waals surface area (Å²) in [6, 6.07) is 10.4. The van der Waals surface area contributed by atoms with E-state index in [2.05, 4.69) is 11.8 Å². The minimum absolute atomic E-state index is 0.269. The summed E-state index contributed by atoms with van der Waals surface area (Å²) in [4.78, 5) is 2.49. The molecule has 1 heterocycles. The summed E-state index contributed by atoms with van der Waals surface area (Å²) in [5, 5.41) is 10.6. The van der Waals surface area contributed by atoms with Crippen LogP contribution in [0.25, 0.3) is 0 Å². The first-order chi connectivity index (χ1) is 8.83. The van der Waals surface area contributed by atoms with E-state index in [1.165, 1.54) is 25.7 Å². The highest BCUT2D eigenvalue weighted by Gasteiger charge is 2.25. The zero-order chi connectivity index (χ0) is 12.8. The lowest BCUT2D eigenvalue weighted by atomic mass is 9.98. The SMILES string of the molecule is CCC(C(O)c1ccccc1)N1CCCCCC1. The van der Waals surface area contributed by atoms with E-state index < -0.39 is 0 Å². The molecule has 2 rings (SSSR count). The molecule has 0 aliphatic carbocycles. The molecule has 1 aliphatic heterocycles. The van der Waals surface area contributed by atoms with Crippen molar-refractivity contribution in [1.82, 2.24) is 4.90 Å². The molecule has 2 nitrogen and oxygen atoms in total. The van der Waals surface area contributed by atoms with Crippen molar-refractivity contribution in [2.45, 2.75) is 51.2 Å². The Morgan fingerprint density at radius 2 is 1.67 bits per heavy atom. The summed E-state index contributed by atoms with van der Waals surface area (Å²) < 4.78 is 0. The molecule has 0 amide bonds. The fraction of sp³-hybridized carbons (Fsp3) is 0.625. The van der Waals surface area contributed by atoms with Crippen LogP contribution in [-0.2, 0) is 0 Å². The molecule has 0 aromatic heterocycles. The van der Waals surface area contributed by atoms with Crippen LogP contribution < -0.4 is 0 Å². The lowest BCUT2D eigenvalue weighted by Crippen LogP contribution is -2.40. The van der Waals surface area contributed by atoms with Crippen LogP contribution in [0.1, 0.15) is 50.7 Å². The second kappa shape index (κ2) is 6.91. The number of benzene rings is 1. The molecule has 1 aliphatic rings. The quantitative estimate of drug-likeness (QED) is 0.881. The van der Waals surface area contributed by atoms with E-state index >= 15 is 0 Å². The second-order valence-electron chi connectivity index (χ2n) is 5.28. The summed E-state index contributed by atoms with van der Waals surface area (Å²) >= 11 is 0. The molecule has 0 saturated carbocycles. The van der Waals surface area contributed by atoms with Crippen molar-refractivity contribution in [2.24, 2.45) is 0 Å². The molecule has 100 valence electrons. The van der Waals surface area contributed by atoms with Gasteiger partial charge in [-0.1, -0.05) is 50.1 Å². The topological polar surface area (TPSA) is 23.5 Å². The third-order valence-electron chi connectivity index (χ3n) is 4.03. The van der Waals surface area contributed by atoms with E-state index in [-0.39, 0.29) is 12.1 Å². The van der Waals surface area contributed by atoms with Crippen LogP contribution in [0.3, 0.4) is 0 Å². The van der Waals surface area contributed by atoms with Crippen LogP contribution in [0.15, 0.2) is 30.3 Å². The third kappa shape index (κ3) is 3.33. The molecule has 2 unspecified atom stereocenters. The van der Waals surface area contributed by atoms with Gasteiger partial charge in [-0.15, -0.1) is 0 Å². The minimum atomic E-state index is -0.353. The van der Waals surface area contributed by atoms with Crippen molar-refractivity contribution < 1.29 is 5.11 Å². The largest absolute Gasteiger partial charge is 0.387 e. The van der Waals surface area contributed by atoms with E-state index in [9.17, 15) is 5.11 Å². The van der Waals surface area contributed by atoms with E-state index in [0.717, 1.165) is 25.1 Å². The summed E-state index contributed by atoms with van der Waals surface area (Å²) in [5.41, 5.74) is 1.05. The Morgan fingerprint density at radius 3 is 2.22 bits per heavy atom. The third-order valence-corrected chi connectivity index (χ3v) is 4.03. The van der Waals surface area contributed by atoms with Crippen molar-refractivity contribution in [3.05, 3.63) is 35.9 Å². The fourth-order valence-electron chi connectivity index (χ4n) is 2.98. The van der Waals surface area contributed by atoms with Crippen LogP contribution in [0.2, 0.25) is 0 Å². The fourth-order valence-corrected chi connectivity index (χ4v) is 2.98. The lowest BCUT2D eigenvalue weighted by molar-refractivity contribution is 0.0474. The van der Waals surface area contributed by atoms with Gasteiger partial charge in [0.25, 0.3) is 0 Å². The summed E-state index contributed by atoms with van der Waals surface area (Å²) in [6.45, 7) is 4.46. The Bertz CT molecular complexity index is 330. The van der Waals surface area contributed by atoms with Gasteiger partial charge in [-0.25, -0.2) is 0 Å². The van der Waals surface area contributed by atoms with E-state index in [1.807, 2.05) is 30.3 Å². The molecular weight excluding hydrogens is 222 g/mol. The first-order valence-corrected chi connectivity index (χ1v) is 7.30. The first-order valence-electron chi connectivity index (χ1n) is 7.30. The zero-order valence-electron chi connectivity index (χ0n) is 11.4. The van der Waals surface area contributed by atoms with E-state index in [4.69, 9.17) is 0 Å².